The lowest BCUT2D eigenvalue weighted by Crippen LogP contribution is -2.47. The van der Waals surface area contributed by atoms with Crippen LogP contribution in [0.15, 0.2) is 15.6 Å². The molecule has 2 N–H and O–H groups in total. The van der Waals surface area contributed by atoms with E-state index in [1.54, 1.807) is 7.05 Å². The number of hydrogen-bond donors (Lipinski definition) is 2. The number of hydrogen-bond acceptors (Lipinski definition) is 4. The van der Waals surface area contributed by atoms with Crippen LogP contribution in [0.2, 0.25) is 0 Å². The van der Waals surface area contributed by atoms with Crippen molar-refractivity contribution in [1.29, 1.82) is 0 Å². The molecule has 1 fully saturated rings. The zero-order valence-electron chi connectivity index (χ0n) is 17.2. The first kappa shape index (κ1) is 20.7. The predicted molar refractivity (Wildman–Crippen MR) is 107 cm³/mol. The number of guanidine groups is 1. The number of likely N-dealkylation sites (tertiary alicyclic amines) is 1. The van der Waals surface area contributed by atoms with E-state index in [0.29, 0.717) is 18.5 Å². The SMILES string of the molecule is CCC(CC)c1cc(CNC(=NC)NCC(C)N2CCC(C)CC2)on1. The Balaban J connectivity index is 1.75. The van der Waals surface area contributed by atoms with E-state index in [4.69, 9.17) is 4.52 Å². The minimum Gasteiger partial charge on any atom is -0.359 e. The molecular formula is C20H37N5O. The number of nitrogens with zero attached hydrogens (tertiary/aromatic N) is 3. The van der Waals surface area contributed by atoms with E-state index in [-0.39, 0.29) is 0 Å². The minimum atomic E-state index is 0.484. The molecule has 0 amide bonds. The molecule has 0 aliphatic carbocycles. The van der Waals surface area contributed by atoms with Gasteiger partial charge in [-0.05, 0) is 51.6 Å². The van der Waals surface area contributed by atoms with Gasteiger partial charge in [0.15, 0.2) is 11.7 Å². The molecule has 0 bridgehead atoms. The monoisotopic (exact) mass is 363 g/mol. The lowest BCUT2D eigenvalue weighted by Gasteiger charge is -2.35. The molecule has 1 unspecified atom stereocenters. The van der Waals surface area contributed by atoms with Crippen molar-refractivity contribution in [2.45, 2.75) is 71.9 Å². The Kier molecular flexibility index (Phi) is 8.42. The molecule has 6 heteroatoms. The van der Waals surface area contributed by atoms with Crippen LogP contribution in [0.25, 0.3) is 0 Å². The Labute approximate surface area is 158 Å². The topological polar surface area (TPSA) is 65.7 Å². The molecule has 0 saturated carbocycles. The van der Waals surface area contributed by atoms with Crippen LogP contribution in [0.5, 0.6) is 0 Å². The van der Waals surface area contributed by atoms with Gasteiger partial charge in [0.2, 0.25) is 0 Å². The minimum absolute atomic E-state index is 0.484. The smallest absolute Gasteiger partial charge is 0.191 e. The van der Waals surface area contributed by atoms with E-state index < -0.39 is 0 Å². The summed E-state index contributed by atoms with van der Waals surface area (Å²) in [6.07, 6.45) is 4.79. The Morgan fingerprint density at radius 2 is 2.00 bits per heavy atom. The summed E-state index contributed by atoms with van der Waals surface area (Å²) >= 11 is 0. The van der Waals surface area contributed by atoms with Crippen molar-refractivity contribution < 1.29 is 4.52 Å². The summed E-state index contributed by atoms with van der Waals surface area (Å²) in [5.41, 5.74) is 1.06. The third-order valence-corrected chi connectivity index (χ3v) is 5.64. The summed E-state index contributed by atoms with van der Waals surface area (Å²) in [7, 11) is 1.80. The van der Waals surface area contributed by atoms with Crippen LogP contribution in [-0.2, 0) is 6.54 Å². The molecule has 1 aliphatic rings. The lowest BCUT2D eigenvalue weighted by molar-refractivity contribution is 0.147. The highest BCUT2D eigenvalue weighted by atomic mass is 16.5. The van der Waals surface area contributed by atoms with Gasteiger partial charge in [-0.1, -0.05) is 25.9 Å². The van der Waals surface area contributed by atoms with Gasteiger partial charge in [0, 0.05) is 31.6 Å². The highest BCUT2D eigenvalue weighted by Crippen LogP contribution is 2.22. The van der Waals surface area contributed by atoms with Crippen molar-refractivity contribution in [3.63, 3.8) is 0 Å². The number of piperidine rings is 1. The molecule has 1 saturated heterocycles. The molecule has 148 valence electrons. The molecule has 0 spiro atoms. The lowest BCUT2D eigenvalue weighted by atomic mass is 9.98. The molecule has 2 heterocycles. The number of nitrogens with one attached hydrogen (secondary N) is 2. The van der Waals surface area contributed by atoms with Gasteiger partial charge in [0.1, 0.15) is 0 Å². The Bertz CT molecular complexity index is 544. The molecule has 1 atom stereocenters. The highest BCUT2D eigenvalue weighted by molar-refractivity contribution is 5.79. The average Bonchev–Trinajstić information content (AvgIpc) is 3.12. The fraction of sp³-hybridized carbons (Fsp3) is 0.800. The molecule has 0 aromatic carbocycles. The maximum Gasteiger partial charge on any atom is 0.191 e. The highest BCUT2D eigenvalue weighted by Gasteiger charge is 2.20. The second-order valence-electron chi connectivity index (χ2n) is 7.61. The van der Waals surface area contributed by atoms with Gasteiger partial charge < -0.3 is 15.2 Å². The third kappa shape index (κ3) is 6.01. The van der Waals surface area contributed by atoms with Crippen molar-refractivity contribution >= 4 is 5.96 Å². The molecule has 2 rings (SSSR count). The van der Waals surface area contributed by atoms with Crippen LogP contribution in [-0.4, -0.2) is 48.7 Å². The van der Waals surface area contributed by atoms with Crippen LogP contribution in [0.3, 0.4) is 0 Å². The van der Waals surface area contributed by atoms with Gasteiger partial charge in [0.05, 0.1) is 12.2 Å². The van der Waals surface area contributed by atoms with Crippen LogP contribution in [0.4, 0.5) is 0 Å². The normalized spacial score (nSPS) is 18.3. The van der Waals surface area contributed by atoms with E-state index in [0.717, 1.165) is 42.7 Å². The fourth-order valence-corrected chi connectivity index (χ4v) is 3.55. The fourth-order valence-electron chi connectivity index (χ4n) is 3.55. The third-order valence-electron chi connectivity index (χ3n) is 5.64. The Morgan fingerprint density at radius 1 is 1.31 bits per heavy atom. The summed E-state index contributed by atoms with van der Waals surface area (Å²) in [5, 5.41) is 11.0. The summed E-state index contributed by atoms with van der Waals surface area (Å²) in [5.74, 6) is 3.02. The molecule has 26 heavy (non-hydrogen) atoms. The second kappa shape index (κ2) is 10.6. The largest absolute Gasteiger partial charge is 0.359 e. The summed E-state index contributed by atoms with van der Waals surface area (Å²) in [6, 6.07) is 2.57. The van der Waals surface area contributed by atoms with Crippen LogP contribution in [0.1, 0.15) is 70.8 Å². The van der Waals surface area contributed by atoms with Gasteiger partial charge in [-0.15, -0.1) is 0 Å². The van der Waals surface area contributed by atoms with Crippen molar-refractivity contribution in [3.8, 4) is 0 Å². The Morgan fingerprint density at radius 3 is 2.62 bits per heavy atom. The zero-order valence-corrected chi connectivity index (χ0v) is 17.2. The first-order valence-corrected chi connectivity index (χ1v) is 10.2. The molecule has 0 radical (unpaired) electrons. The Hall–Kier alpha value is -1.56. The van der Waals surface area contributed by atoms with Crippen molar-refractivity contribution in [1.82, 2.24) is 20.7 Å². The van der Waals surface area contributed by atoms with Crippen molar-refractivity contribution in [3.05, 3.63) is 17.5 Å². The van der Waals surface area contributed by atoms with Gasteiger partial charge in [-0.3, -0.25) is 9.89 Å². The van der Waals surface area contributed by atoms with Gasteiger partial charge >= 0.3 is 0 Å². The van der Waals surface area contributed by atoms with E-state index in [1.165, 1.54) is 25.9 Å². The maximum absolute atomic E-state index is 5.47. The van der Waals surface area contributed by atoms with Gasteiger partial charge in [-0.25, -0.2) is 0 Å². The molecule has 1 aromatic rings. The molecule has 6 nitrogen and oxygen atoms in total. The van der Waals surface area contributed by atoms with Crippen molar-refractivity contribution in [2.75, 3.05) is 26.7 Å². The van der Waals surface area contributed by atoms with E-state index in [2.05, 4.69) is 59.4 Å². The average molecular weight is 364 g/mol. The first-order chi connectivity index (χ1) is 12.6. The number of aliphatic imine (C=N–C) groups is 1. The van der Waals surface area contributed by atoms with E-state index in [1.807, 2.05) is 0 Å². The van der Waals surface area contributed by atoms with Crippen LogP contribution < -0.4 is 10.6 Å². The van der Waals surface area contributed by atoms with Crippen molar-refractivity contribution in [2.24, 2.45) is 10.9 Å². The second-order valence-corrected chi connectivity index (χ2v) is 7.61. The summed E-state index contributed by atoms with van der Waals surface area (Å²) in [4.78, 5) is 6.89. The molecular weight excluding hydrogens is 326 g/mol. The first-order valence-electron chi connectivity index (χ1n) is 10.2. The van der Waals surface area contributed by atoms with E-state index >= 15 is 0 Å². The predicted octanol–water partition coefficient (Wildman–Crippen LogP) is 3.36. The maximum atomic E-state index is 5.47. The van der Waals surface area contributed by atoms with Gasteiger partial charge in [0.25, 0.3) is 0 Å². The number of aromatic nitrogens is 1. The standard InChI is InChI=1S/C20H37N5O/c1-6-17(7-2)19-12-18(26-24-19)14-23-20(21-5)22-13-16(4)25-10-8-15(3)9-11-25/h12,15-17H,6-11,13-14H2,1-5H3,(H2,21,22,23). The molecule has 1 aliphatic heterocycles. The summed E-state index contributed by atoms with van der Waals surface area (Å²) < 4.78 is 5.47. The summed E-state index contributed by atoms with van der Waals surface area (Å²) in [6.45, 7) is 12.9. The molecule has 1 aromatic heterocycles. The van der Waals surface area contributed by atoms with Gasteiger partial charge in [-0.2, -0.15) is 0 Å². The van der Waals surface area contributed by atoms with E-state index in [9.17, 15) is 0 Å². The zero-order chi connectivity index (χ0) is 18.9. The van der Waals surface area contributed by atoms with Crippen LogP contribution >= 0.6 is 0 Å². The quantitative estimate of drug-likeness (QED) is 0.548. The van der Waals surface area contributed by atoms with Crippen LogP contribution in [0, 0.1) is 5.92 Å². The number of rotatable bonds is 8.